The second kappa shape index (κ2) is 6.49. The van der Waals surface area contributed by atoms with Crippen molar-refractivity contribution >= 4 is 10.8 Å². The number of aryl methyl sites for hydroxylation is 2. The zero-order valence-electron chi connectivity index (χ0n) is 14.3. The molecule has 0 saturated heterocycles. The molecule has 4 nitrogen and oxygen atoms in total. The average Bonchev–Trinajstić information content (AvgIpc) is 2.61. The third kappa shape index (κ3) is 2.81. The van der Waals surface area contributed by atoms with Gasteiger partial charge in [-0.1, -0.05) is 18.2 Å². The summed E-state index contributed by atoms with van der Waals surface area (Å²) in [6, 6.07) is 11.6. The van der Waals surface area contributed by atoms with Crippen LogP contribution < -0.4 is 9.47 Å². The third-order valence-electron chi connectivity index (χ3n) is 4.41. The molecule has 0 radical (unpaired) electrons. The minimum atomic E-state index is -0.800. The van der Waals surface area contributed by atoms with Crippen LogP contribution in [0.15, 0.2) is 42.6 Å². The maximum atomic E-state index is 10.9. The molecule has 0 fully saturated rings. The normalized spacial score (nSPS) is 12.2. The summed E-state index contributed by atoms with van der Waals surface area (Å²) in [5.41, 5.74) is 3.78. The van der Waals surface area contributed by atoms with Crippen molar-refractivity contribution in [3.05, 3.63) is 65.0 Å². The van der Waals surface area contributed by atoms with Crippen LogP contribution in [0.2, 0.25) is 0 Å². The lowest BCUT2D eigenvalue weighted by Crippen LogP contribution is -2.04. The fourth-order valence-electron chi connectivity index (χ4n) is 2.83. The fourth-order valence-corrected chi connectivity index (χ4v) is 2.83. The molecule has 1 atom stereocenters. The predicted octanol–water partition coefficient (Wildman–Crippen LogP) is 3.95. The number of rotatable bonds is 4. The van der Waals surface area contributed by atoms with E-state index in [0.29, 0.717) is 17.2 Å². The van der Waals surface area contributed by atoms with E-state index in [1.165, 1.54) is 5.56 Å². The van der Waals surface area contributed by atoms with Gasteiger partial charge < -0.3 is 14.6 Å². The molecule has 24 heavy (non-hydrogen) atoms. The molecular formula is C20H21NO3. The van der Waals surface area contributed by atoms with Gasteiger partial charge in [0.1, 0.15) is 6.10 Å². The standard InChI is InChI=1S/C20H21NO3/c1-12-5-6-15(9-13(12)2)20(22)19-16-11-18(24-4)17(23-3)10-14(16)7-8-21-19/h5-11,20,22H,1-4H3. The SMILES string of the molecule is COc1cc2ccnc(C(O)c3ccc(C)c(C)c3)c2cc1OC. The van der Waals surface area contributed by atoms with Gasteiger partial charge in [0.05, 0.1) is 19.9 Å². The topological polar surface area (TPSA) is 51.6 Å². The monoisotopic (exact) mass is 323 g/mol. The summed E-state index contributed by atoms with van der Waals surface area (Å²) in [5, 5.41) is 12.7. The smallest absolute Gasteiger partial charge is 0.161 e. The summed E-state index contributed by atoms with van der Waals surface area (Å²) >= 11 is 0. The van der Waals surface area contributed by atoms with Crippen LogP contribution >= 0.6 is 0 Å². The molecule has 1 aromatic heterocycles. The molecule has 0 aliphatic rings. The molecule has 0 aliphatic heterocycles. The summed E-state index contributed by atoms with van der Waals surface area (Å²) in [5.74, 6) is 1.27. The zero-order valence-corrected chi connectivity index (χ0v) is 14.3. The number of benzene rings is 2. The molecule has 0 spiro atoms. The van der Waals surface area contributed by atoms with E-state index in [1.54, 1.807) is 20.4 Å². The highest BCUT2D eigenvalue weighted by atomic mass is 16.5. The van der Waals surface area contributed by atoms with Crippen LogP contribution in [0.1, 0.15) is 28.5 Å². The van der Waals surface area contributed by atoms with E-state index < -0.39 is 6.10 Å². The molecule has 2 aromatic carbocycles. The summed E-state index contributed by atoms with van der Waals surface area (Å²) in [7, 11) is 3.20. The maximum absolute atomic E-state index is 10.9. The number of ether oxygens (including phenoxy) is 2. The van der Waals surface area contributed by atoms with E-state index in [-0.39, 0.29) is 0 Å². The average molecular weight is 323 g/mol. The minimum absolute atomic E-state index is 0.608. The number of aliphatic hydroxyl groups is 1. The summed E-state index contributed by atoms with van der Waals surface area (Å²) < 4.78 is 10.7. The molecule has 1 unspecified atom stereocenters. The van der Waals surface area contributed by atoms with Gasteiger partial charge in [-0.05, 0) is 54.1 Å². The number of pyridine rings is 1. The van der Waals surface area contributed by atoms with Gasteiger partial charge >= 0.3 is 0 Å². The Bertz CT molecular complexity index is 889. The van der Waals surface area contributed by atoms with Gasteiger partial charge in [-0.15, -0.1) is 0 Å². The van der Waals surface area contributed by atoms with Gasteiger partial charge in [0, 0.05) is 11.6 Å². The van der Waals surface area contributed by atoms with Crippen molar-refractivity contribution < 1.29 is 14.6 Å². The number of hydrogen-bond donors (Lipinski definition) is 1. The van der Waals surface area contributed by atoms with Crippen LogP contribution in [0.3, 0.4) is 0 Å². The molecule has 3 aromatic rings. The number of aromatic nitrogens is 1. The van der Waals surface area contributed by atoms with Crippen LogP contribution in [-0.2, 0) is 0 Å². The first-order valence-corrected chi connectivity index (χ1v) is 7.81. The van der Waals surface area contributed by atoms with E-state index in [2.05, 4.69) is 11.9 Å². The lowest BCUT2D eigenvalue weighted by molar-refractivity contribution is 0.217. The van der Waals surface area contributed by atoms with Crippen molar-refractivity contribution in [3.8, 4) is 11.5 Å². The first-order chi connectivity index (χ1) is 11.5. The van der Waals surface area contributed by atoms with Gasteiger partial charge in [0.15, 0.2) is 11.5 Å². The second-order valence-corrected chi connectivity index (χ2v) is 5.87. The van der Waals surface area contributed by atoms with Crippen molar-refractivity contribution in [1.82, 2.24) is 4.98 Å². The van der Waals surface area contributed by atoms with Gasteiger partial charge in [0.25, 0.3) is 0 Å². The van der Waals surface area contributed by atoms with Crippen molar-refractivity contribution in [3.63, 3.8) is 0 Å². The van der Waals surface area contributed by atoms with Gasteiger partial charge in [0.2, 0.25) is 0 Å². The molecule has 1 N–H and O–H groups in total. The van der Waals surface area contributed by atoms with Crippen LogP contribution in [0.4, 0.5) is 0 Å². The molecule has 0 aliphatic carbocycles. The highest BCUT2D eigenvalue weighted by Crippen LogP contribution is 2.35. The van der Waals surface area contributed by atoms with Crippen LogP contribution in [0, 0.1) is 13.8 Å². The highest BCUT2D eigenvalue weighted by Gasteiger charge is 2.17. The van der Waals surface area contributed by atoms with E-state index in [1.807, 2.05) is 43.3 Å². The lowest BCUT2D eigenvalue weighted by Gasteiger charge is -2.16. The van der Waals surface area contributed by atoms with Gasteiger partial charge in [-0.25, -0.2) is 0 Å². The maximum Gasteiger partial charge on any atom is 0.161 e. The summed E-state index contributed by atoms with van der Waals surface area (Å²) in [4.78, 5) is 4.42. The van der Waals surface area contributed by atoms with Gasteiger partial charge in [-0.2, -0.15) is 0 Å². The molecule has 0 saturated carbocycles. The van der Waals surface area contributed by atoms with Crippen molar-refractivity contribution in [2.24, 2.45) is 0 Å². The summed E-state index contributed by atoms with van der Waals surface area (Å²) in [6.45, 7) is 4.09. The Morgan fingerprint density at radius 1 is 0.917 bits per heavy atom. The zero-order chi connectivity index (χ0) is 17.3. The molecule has 124 valence electrons. The first-order valence-electron chi connectivity index (χ1n) is 7.81. The van der Waals surface area contributed by atoms with E-state index >= 15 is 0 Å². The highest BCUT2D eigenvalue weighted by molar-refractivity contribution is 5.88. The van der Waals surface area contributed by atoms with Crippen molar-refractivity contribution in [2.45, 2.75) is 20.0 Å². The Labute approximate surface area is 141 Å². The fraction of sp³-hybridized carbons (Fsp3) is 0.250. The van der Waals surface area contributed by atoms with Crippen molar-refractivity contribution in [1.29, 1.82) is 0 Å². The number of fused-ring (bicyclic) bond motifs is 1. The number of aliphatic hydroxyl groups excluding tert-OH is 1. The van der Waals surface area contributed by atoms with E-state index in [9.17, 15) is 5.11 Å². The molecular weight excluding hydrogens is 302 g/mol. The quantitative estimate of drug-likeness (QED) is 0.790. The Hall–Kier alpha value is -2.59. The lowest BCUT2D eigenvalue weighted by atomic mass is 9.97. The summed E-state index contributed by atoms with van der Waals surface area (Å²) in [6.07, 6.45) is 0.902. The molecule has 3 rings (SSSR count). The number of nitrogens with zero attached hydrogens (tertiary/aromatic N) is 1. The predicted molar refractivity (Wildman–Crippen MR) is 94.8 cm³/mol. The molecule has 0 amide bonds. The molecule has 4 heteroatoms. The minimum Gasteiger partial charge on any atom is -0.493 e. The Balaban J connectivity index is 2.16. The van der Waals surface area contributed by atoms with Crippen LogP contribution in [0.5, 0.6) is 11.5 Å². The van der Waals surface area contributed by atoms with Crippen LogP contribution in [-0.4, -0.2) is 24.3 Å². The Morgan fingerprint density at radius 2 is 1.62 bits per heavy atom. The van der Waals surface area contributed by atoms with Crippen molar-refractivity contribution in [2.75, 3.05) is 14.2 Å². The van der Waals surface area contributed by atoms with E-state index in [4.69, 9.17) is 9.47 Å². The first kappa shape index (κ1) is 16.3. The number of methoxy groups -OCH3 is 2. The Morgan fingerprint density at radius 3 is 2.29 bits per heavy atom. The van der Waals surface area contributed by atoms with Crippen LogP contribution in [0.25, 0.3) is 10.8 Å². The molecule has 1 heterocycles. The Kier molecular flexibility index (Phi) is 4.40. The molecule has 0 bridgehead atoms. The van der Waals surface area contributed by atoms with Gasteiger partial charge in [-0.3, -0.25) is 4.98 Å². The van der Waals surface area contributed by atoms with E-state index in [0.717, 1.165) is 21.9 Å². The second-order valence-electron chi connectivity index (χ2n) is 5.87. The largest absolute Gasteiger partial charge is 0.493 e. The number of hydrogen-bond acceptors (Lipinski definition) is 4. The third-order valence-corrected chi connectivity index (χ3v) is 4.41.